The molecule has 0 radical (unpaired) electrons. The molecule has 2 heteroatoms. The van der Waals surface area contributed by atoms with Crippen molar-refractivity contribution in [1.82, 2.24) is 0 Å². The molecular weight excluding hydrogens is 414 g/mol. The van der Waals surface area contributed by atoms with Crippen LogP contribution in [0.4, 0.5) is 11.4 Å². The van der Waals surface area contributed by atoms with E-state index < -0.39 is 0 Å². The van der Waals surface area contributed by atoms with E-state index in [1.807, 2.05) is 6.08 Å². The van der Waals surface area contributed by atoms with E-state index in [0.29, 0.717) is 0 Å². The number of anilines is 2. The lowest BCUT2D eigenvalue weighted by molar-refractivity contribution is 0.214. The lowest BCUT2D eigenvalue weighted by Crippen LogP contribution is -2.19. The Labute approximate surface area is 202 Å². The average molecular weight is 446 g/mol. The molecule has 0 bridgehead atoms. The molecule has 5 rings (SSSR count). The predicted octanol–water partition coefficient (Wildman–Crippen LogP) is 8.85. The summed E-state index contributed by atoms with van der Waals surface area (Å²) in [5.41, 5.74) is 5.50. The first kappa shape index (κ1) is 22.0. The topological polar surface area (TPSA) is 12.5 Å². The Morgan fingerprint density at radius 2 is 1.65 bits per heavy atom. The summed E-state index contributed by atoms with van der Waals surface area (Å²) in [7, 11) is 0. The van der Waals surface area contributed by atoms with Gasteiger partial charge in [-0.15, -0.1) is 0 Å². The second kappa shape index (κ2) is 8.87. The Kier molecular flexibility index (Phi) is 5.75. The van der Waals surface area contributed by atoms with Gasteiger partial charge in [-0.3, -0.25) is 0 Å². The van der Waals surface area contributed by atoms with Gasteiger partial charge in [0.1, 0.15) is 11.5 Å². The average Bonchev–Trinajstić information content (AvgIpc) is 2.85. The largest absolute Gasteiger partial charge is 0.461 e. The minimum Gasteiger partial charge on any atom is -0.461 e. The molecule has 0 unspecified atom stereocenters. The molecule has 3 aromatic rings. The Bertz CT molecular complexity index is 1380. The van der Waals surface area contributed by atoms with Crippen molar-refractivity contribution in [1.29, 1.82) is 0 Å². The van der Waals surface area contributed by atoms with Gasteiger partial charge in [0, 0.05) is 28.1 Å². The Morgan fingerprint density at radius 1 is 0.882 bits per heavy atom. The normalized spacial score (nSPS) is 19.5. The summed E-state index contributed by atoms with van der Waals surface area (Å²) in [4.78, 5) is 2.27. The highest BCUT2D eigenvalue weighted by Gasteiger charge is 2.28. The molecule has 1 heterocycles. The number of allylic oxidation sites excluding steroid dienone is 7. The van der Waals surface area contributed by atoms with Gasteiger partial charge in [-0.1, -0.05) is 88.0 Å². The molecule has 0 atom stereocenters. The first-order chi connectivity index (χ1) is 16.5. The van der Waals surface area contributed by atoms with Gasteiger partial charge < -0.3 is 9.64 Å². The van der Waals surface area contributed by atoms with Crippen LogP contribution < -0.4 is 4.90 Å². The van der Waals surface area contributed by atoms with Crippen LogP contribution in [0.5, 0.6) is 0 Å². The van der Waals surface area contributed by atoms with Gasteiger partial charge in [-0.05, 0) is 54.2 Å². The third-order valence-electron chi connectivity index (χ3n) is 6.80. The summed E-state index contributed by atoms with van der Waals surface area (Å²) in [5.74, 6) is 1.75. The van der Waals surface area contributed by atoms with Gasteiger partial charge in [0.15, 0.2) is 0 Å². The molecule has 0 amide bonds. The molecule has 3 aromatic carbocycles. The van der Waals surface area contributed by atoms with E-state index in [1.54, 1.807) is 0 Å². The number of hydrogen-bond acceptors (Lipinski definition) is 2. The molecule has 2 nitrogen and oxygen atoms in total. The van der Waals surface area contributed by atoms with E-state index in [2.05, 4.69) is 123 Å². The molecule has 0 aromatic heterocycles. The van der Waals surface area contributed by atoms with Gasteiger partial charge in [-0.2, -0.15) is 0 Å². The van der Waals surface area contributed by atoms with Crippen LogP contribution in [0.15, 0.2) is 115 Å². The Hall–Kier alpha value is -3.78. The zero-order valence-electron chi connectivity index (χ0n) is 20.2. The molecule has 170 valence electrons. The van der Waals surface area contributed by atoms with Crippen molar-refractivity contribution < 1.29 is 4.74 Å². The summed E-state index contributed by atoms with van der Waals surface area (Å²) >= 11 is 0. The van der Waals surface area contributed by atoms with Crippen LogP contribution in [0.1, 0.15) is 38.3 Å². The highest BCUT2D eigenvalue weighted by atomic mass is 16.5. The number of rotatable bonds is 4. The highest BCUT2D eigenvalue weighted by molar-refractivity contribution is 6.00. The van der Waals surface area contributed by atoms with Crippen LogP contribution >= 0.6 is 0 Å². The SMILES string of the molecule is C=C1/C(OC2=CC=CCC2(C)C)=C\C=C/N(c2ccc(CC)c3ccccc23)c2ccccc21. The summed E-state index contributed by atoms with van der Waals surface area (Å²) in [6.07, 6.45) is 14.5. The second-order valence-electron chi connectivity index (χ2n) is 9.53. The summed E-state index contributed by atoms with van der Waals surface area (Å²) in [5, 5.41) is 2.54. The van der Waals surface area contributed by atoms with Crippen molar-refractivity contribution >= 4 is 27.7 Å². The number of para-hydroxylation sites is 1. The predicted molar refractivity (Wildman–Crippen MR) is 145 cm³/mol. The lowest BCUT2D eigenvalue weighted by atomic mass is 9.84. The van der Waals surface area contributed by atoms with Crippen molar-refractivity contribution in [3.05, 3.63) is 126 Å². The zero-order valence-corrected chi connectivity index (χ0v) is 20.2. The first-order valence-electron chi connectivity index (χ1n) is 12.0. The van der Waals surface area contributed by atoms with Gasteiger partial charge in [0.05, 0.1) is 11.4 Å². The number of hydrogen-bond donors (Lipinski definition) is 0. The maximum atomic E-state index is 6.50. The van der Waals surface area contributed by atoms with E-state index in [0.717, 1.165) is 46.9 Å². The maximum absolute atomic E-state index is 6.50. The highest BCUT2D eigenvalue weighted by Crippen LogP contribution is 2.42. The molecule has 1 aliphatic carbocycles. The fraction of sp³-hybridized carbons (Fsp3) is 0.188. The Balaban J connectivity index is 1.63. The zero-order chi connectivity index (χ0) is 23.7. The molecule has 0 saturated heterocycles. The van der Waals surface area contributed by atoms with E-state index in [4.69, 9.17) is 4.74 Å². The van der Waals surface area contributed by atoms with Gasteiger partial charge >= 0.3 is 0 Å². The quantitative estimate of drug-likeness (QED) is 0.398. The van der Waals surface area contributed by atoms with Gasteiger partial charge in [-0.25, -0.2) is 0 Å². The molecule has 1 aliphatic heterocycles. The third kappa shape index (κ3) is 3.90. The monoisotopic (exact) mass is 445 g/mol. The summed E-state index contributed by atoms with van der Waals surface area (Å²) in [6, 6.07) is 21.6. The summed E-state index contributed by atoms with van der Waals surface area (Å²) < 4.78 is 6.50. The van der Waals surface area contributed by atoms with Crippen molar-refractivity contribution in [3.63, 3.8) is 0 Å². The summed E-state index contributed by atoms with van der Waals surface area (Å²) in [6.45, 7) is 11.1. The van der Waals surface area contributed by atoms with Gasteiger partial charge in [0.25, 0.3) is 0 Å². The number of aryl methyl sites for hydroxylation is 1. The third-order valence-corrected chi connectivity index (χ3v) is 6.80. The van der Waals surface area contributed by atoms with E-state index in [9.17, 15) is 0 Å². The number of benzene rings is 3. The molecule has 0 saturated carbocycles. The molecule has 2 aliphatic rings. The van der Waals surface area contributed by atoms with Crippen molar-refractivity contribution in [2.45, 2.75) is 33.6 Å². The standard InChI is InChI=1S/C32H31NO/c1-5-24-19-20-29(27-15-7-6-14-26(24)27)33-22-12-17-30(23(2)25-13-8-9-16-28(25)33)34-31-18-10-11-21-32(31,3)4/h6-20,22H,2,5,21H2,1,3-4H3/b22-12-,30-17+. The van der Waals surface area contributed by atoms with Crippen molar-refractivity contribution in [2.24, 2.45) is 5.41 Å². The van der Waals surface area contributed by atoms with Gasteiger partial charge in [0.2, 0.25) is 0 Å². The number of fused-ring (bicyclic) bond motifs is 2. The van der Waals surface area contributed by atoms with Crippen LogP contribution in [0.3, 0.4) is 0 Å². The van der Waals surface area contributed by atoms with E-state index in [-0.39, 0.29) is 5.41 Å². The fourth-order valence-electron chi connectivity index (χ4n) is 4.77. The number of ether oxygens (including phenoxy) is 1. The maximum Gasteiger partial charge on any atom is 0.134 e. The molecule has 0 fully saturated rings. The van der Waals surface area contributed by atoms with Crippen LogP contribution in [0.2, 0.25) is 0 Å². The molecule has 34 heavy (non-hydrogen) atoms. The van der Waals surface area contributed by atoms with E-state index in [1.165, 1.54) is 16.3 Å². The van der Waals surface area contributed by atoms with Crippen LogP contribution in [-0.2, 0) is 11.2 Å². The minimum absolute atomic E-state index is 0.0482. The first-order valence-corrected chi connectivity index (χ1v) is 12.0. The lowest BCUT2D eigenvalue weighted by Gasteiger charge is -2.31. The van der Waals surface area contributed by atoms with Crippen LogP contribution in [0, 0.1) is 5.41 Å². The van der Waals surface area contributed by atoms with Crippen molar-refractivity contribution in [3.8, 4) is 0 Å². The Morgan fingerprint density at radius 3 is 2.44 bits per heavy atom. The fourth-order valence-corrected chi connectivity index (χ4v) is 4.77. The van der Waals surface area contributed by atoms with Crippen molar-refractivity contribution in [2.75, 3.05) is 4.90 Å². The molecular formula is C32H31NO. The van der Waals surface area contributed by atoms with Crippen LogP contribution in [-0.4, -0.2) is 0 Å². The minimum atomic E-state index is -0.0482. The molecule has 0 spiro atoms. The van der Waals surface area contributed by atoms with Crippen LogP contribution in [0.25, 0.3) is 16.3 Å². The smallest absolute Gasteiger partial charge is 0.134 e. The number of nitrogens with zero attached hydrogens (tertiary/aromatic N) is 1. The second-order valence-corrected chi connectivity index (χ2v) is 9.53. The van der Waals surface area contributed by atoms with E-state index >= 15 is 0 Å². The molecule has 0 N–H and O–H groups in total.